The Hall–Kier alpha value is -1.26. The van der Waals surface area contributed by atoms with Crippen molar-refractivity contribution in [2.75, 3.05) is 40.9 Å². The van der Waals surface area contributed by atoms with Gasteiger partial charge in [-0.3, -0.25) is 0 Å². The van der Waals surface area contributed by atoms with E-state index in [1.165, 1.54) is 5.56 Å². The minimum Gasteiger partial charge on any atom is -0.493 e. The molecule has 18 heavy (non-hydrogen) atoms. The number of nitrogens with zero attached hydrogens (tertiary/aromatic N) is 1. The number of para-hydroxylation sites is 1. The summed E-state index contributed by atoms with van der Waals surface area (Å²) in [5, 5.41) is 0. The van der Waals surface area contributed by atoms with Crippen LogP contribution in [0.1, 0.15) is 12.0 Å². The van der Waals surface area contributed by atoms with Crippen LogP contribution in [-0.4, -0.2) is 45.8 Å². The summed E-state index contributed by atoms with van der Waals surface area (Å²) in [7, 11) is 5.72. The monoisotopic (exact) mass is 252 g/mol. The molecule has 0 fully saturated rings. The van der Waals surface area contributed by atoms with Crippen LogP contribution in [0.15, 0.2) is 18.2 Å². The highest BCUT2D eigenvalue weighted by atomic mass is 16.5. The first-order chi connectivity index (χ1) is 8.69. The Morgan fingerprint density at radius 2 is 2.06 bits per heavy atom. The van der Waals surface area contributed by atoms with Crippen molar-refractivity contribution in [3.63, 3.8) is 0 Å². The van der Waals surface area contributed by atoms with Gasteiger partial charge in [0.2, 0.25) is 0 Å². The summed E-state index contributed by atoms with van der Waals surface area (Å²) in [6.07, 6.45) is 1.88. The molecule has 0 aliphatic carbocycles. The number of hydrogen-bond donors (Lipinski definition) is 1. The lowest BCUT2D eigenvalue weighted by molar-refractivity contribution is 0.248. The third-order valence-corrected chi connectivity index (χ3v) is 2.72. The number of ether oxygens (including phenoxy) is 2. The Kier molecular flexibility index (Phi) is 6.54. The molecule has 4 nitrogen and oxygen atoms in total. The van der Waals surface area contributed by atoms with Gasteiger partial charge in [0.25, 0.3) is 0 Å². The maximum Gasteiger partial charge on any atom is 0.164 e. The van der Waals surface area contributed by atoms with Crippen molar-refractivity contribution < 1.29 is 9.47 Å². The highest BCUT2D eigenvalue weighted by Gasteiger charge is 2.10. The number of benzene rings is 1. The number of nitrogens with two attached hydrogens (primary N) is 1. The fourth-order valence-corrected chi connectivity index (χ4v) is 1.71. The van der Waals surface area contributed by atoms with E-state index >= 15 is 0 Å². The van der Waals surface area contributed by atoms with Crippen molar-refractivity contribution in [2.24, 2.45) is 5.73 Å². The second-order valence-electron chi connectivity index (χ2n) is 4.49. The summed E-state index contributed by atoms with van der Waals surface area (Å²) < 4.78 is 11.2. The summed E-state index contributed by atoms with van der Waals surface area (Å²) in [4.78, 5) is 2.09. The van der Waals surface area contributed by atoms with Crippen LogP contribution in [0.2, 0.25) is 0 Å². The molecule has 0 spiro atoms. The fraction of sp³-hybridized carbons (Fsp3) is 0.571. The molecule has 4 heteroatoms. The van der Waals surface area contributed by atoms with E-state index in [2.05, 4.69) is 11.0 Å². The lowest BCUT2D eigenvalue weighted by Crippen LogP contribution is -2.20. The highest BCUT2D eigenvalue weighted by Crippen LogP contribution is 2.31. The van der Waals surface area contributed by atoms with Crippen molar-refractivity contribution >= 4 is 0 Å². The van der Waals surface area contributed by atoms with Crippen LogP contribution in [0, 0.1) is 0 Å². The smallest absolute Gasteiger partial charge is 0.164 e. The average molecular weight is 252 g/mol. The predicted octanol–water partition coefficient (Wildman–Crippen LogP) is 1.53. The Bertz CT molecular complexity index is 354. The summed E-state index contributed by atoms with van der Waals surface area (Å²) in [5.74, 6) is 1.65. The van der Waals surface area contributed by atoms with Gasteiger partial charge in [0, 0.05) is 6.54 Å². The fourth-order valence-electron chi connectivity index (χ4n) is 1.71. The van der Waals surface area contributed by atoms with Crippen LogP contribution >= 0.6 is 0 Å². The van der Waals surface area contributed by atoms with E-state index < -0.39 is 0 Å². The maximum absolute atomic E-state index is 5.86. The summed E-state index contributed by atoms with van der Waals surface area (Å²) in [6.45, 7) is 2.23. The van der Waals surface area contributed by atoms with Gasteiger partial charge in [-0.15, -0.1) is 0 Å². The number of methoxy groups -OCH3 is 1. The minimum atomic E-state index is 0.656. The molecule has 0 aliphatic rings. The van der Waals surface area contributed by atoms with Gasteiger partial charge < -0.3 is 20.1 Å². The number of likely N-dealkylation sites (N-methyl/N-ethyl adjacent to an activating group) is 1. The molecular formula is C14H24N2O2. The first kappa shape index (κ1) is 14.8. The van der Waals surface area contributed by atoms with Gasteiger partial charge in [0.1, 0.15) is 6.61 Å². The third-order valence-electron chi connectivity index (χ3n) is 2.72. The summed E-state index contributed by atoms with van der Waals surface area (Å²) >= 11 is 0. The molecule has 0 aliphatic heterocycles. The van der Waals surface area contributed by atoms with Gasteiger partial charge in [0.15, 0.2) is 11.5 Å². The minimum absolute atomic E-state index is 0.656. The van der Waals surface area contributed by atoms with Crippen LogP contribution in [0.25, 0.3) is 0 Å². The molecule has 0 atom stereocenters. The van der Waals surface area contributed by atoms with Crippen molar-refractivity contribution in [2.45, 2.75) is 12.8 Å². The van der Waals surface area contributed by atoms with E-state index in [0.717, 1.165) is 30.9 Å². The molecule has 102 valence electrons. The third kappa shape index (κ3) is 4.55. The SMILES string of the molecule is COc1cccc(CCCN)c1OCCN(C)C. The van der Waals surface area contributed by atoms with Gasteiger partial charge in [-0.05, 0) is 45.1 Å². The zero-order valence-electron chi connectivity index (χ0n) is 11.6. The Balaban J connectivity index is 2.75. The lowest BCUT2D eigenvalue weighted by Gasteiger charge is -2.16. The second kappa shape index (κ2) is 7.95. The van der Waals surface area contributed by atoms with Crippen molar-refractivity contribution in [1.82, 2.24) is 4.90 Å². The molecule has 0 saturated heterocycles. The van der Waals surface area contributed by atoms with E-state index in [1.807, 2.05) is 26.2 Å². The topological polar surface area (TPSA) is 47.7 Å². The molecule has 1 aromatic rings. The molecular weight excluding hydrogens is 228 g/mol. The Morgan fingerprint density at radius 1 is 1.28 bits per heavy atom. The highest BCUT2D eigenvalue weighted by molar-refractivity contribution is 5.46. The molecule has 2 N–H and O–H groups in total. The Morgan fingerprint density at radius 3 is 2.67 bits per heavy atom. The van der Waals surface area contributed by atoms with Crippen LogP contribution in [0.3, 0.4) is 0 Å². The largest absolute Gasteiger partial charge is 0.493 e. The molecule has 0 amide bonds. The molecule has 0 aromatic heterocycles. The van der Waals surface area contributed by atoms with Gasteiger partial charge >= 0.3 is 0 Å². The number of rotatable bonds is 8. The molecule has 0 unspecified atom stereocenters. The van der Waals surface area contributed by atoms with Gasteiger partial charge in [0.05, 0.1) is 7.11 Å². The van der Waals surface area contributed by atoms with Crippen molar-refractivity contribution in [1.29, 1.82) is 0 Å². The second-order valence-corrected chi connectivity index (χ2v) is 4.49. The quantitative estimate of drug-likeness (QED) is 0.762. The first-order valence-corrected chi connectivity index (χ1v) is 6.32. The molecule has 1 aromatic carbocycles. The van der Waals surface area contributed by atoms with E-state index in [9.17, 15) is 0 Å². The molecule has 0 bridgehead atoms. The van der Waals surface area contributed by atoms with Crippen LogP contribution in [-0.2, 0) is 6.42 Å². The number of aryl methyl sites for hydroxylation is 1. The average Bonchev–Trinajstić information content (AvgIpc) is 2.36. The van der Waals surface area contributed by atoms with Crippen LogP contribution in [0.5, 0.6) is 11.5 Å². The normalized spacial score (nSPS) is 10.7. The van der Waals surface area contributed by atoms with Crippen LogP contribution in [0.4, 0.5) is 0 Å². The van der Waals surface area contributed by atoms with E-state index in [-0.39, 0.29) is 0 Å². The lowest BCUT2D eigenvalue weighted by atomic mass is 10.1. The molecule has 0 radical (unpaired) electrons. The van der Waals surface area contributed by atoms with E-state index in [0.29, 0.717) is 13.2 Å². The molecule has 1 rings (SSSR count). The van der Waals surface area contributed by atoms with Gasteiger partial charge in [-0.1, -0.05) is 12.1 Å². The molecule has 0 heterocycles. The standard InChI is InChI=1S/C14H24N2O2/c1-16(2)10-11-18-14-12(7-5-9-15)6-4-8-13(14)17-3/h4,6,8H,5,7,9-11,15H2,1-3H3. The van der Waals surface area contributed by atoms with Crippen LogP contribution < -0.4 is 15.2 Å². The van der Waals surface area contributed by atoms with E-state index in [4.69, 9.17) is 15.2 Å². The predicted molar refractivity (Wildman–Crippen MR) is 74.4 cm³/mol. The summed E-state index contributed by atoms with van der Waals surface area (Å²) in [5.41, 5.74) is 6.72. The van der Waals surface area contributed by atoms with Gasteiger partial charge in [-0.25, -0.2) is 0 Å². The maximum atomic E-state index is 5.86. The number of hydrogen-bond acceptors (Lipinski definition) is 4. The zero-order valence-corrected chi connectivity index (χ0v) is 11.6. The Labute approximate surface area is 110 Å². The van der Waals surface area contributed by atoms with E-state index in [1.54, 1.807) is 7.11 Å². The molecule has 0 saturated carbocycles. The first-order valence-electron chi connectivity index (χ1n) is 6.32. The summed E-state index contributed by atoms with van der Waals surface area (Å²) in [6, 6.07) is 5.99. The van der Waals surface area contributed by atoms with Gasteiger partial charge in [-0.2, -0.15) is 0 Å². The van der Waals surface area contributed by atoms with Crippen molar-refractivity contribution in [3.8, 4) is 11.5 Å². The zero-order chi connectivity index (χ0) is 13.4. The van der Waals surface area contributed by atoms with Crippen molar-refractivity contribution in [3.05, 3.63) is 23.8 Å².